The maximum absolute atomic E-state index is 12.9. The molecule has 0 spiro atoms. The van der Waals surface area contributed by atoms with Crippen LogP contribution in [0.1, 0.15) is 22.2 Å². The normalized spacial score (nSPS) is 22.7. The fourth-order valence-corrected chi connectivity index (χ4v) is 5.73. The van der Waals surface area contributed by atoms with E-state index in [1.54, 1.807) is 28.2 Å². The third-order valence-electron chi connectivity index (χ3n) is 5.31. The van der Waals surface area contributed by atoms with Crippen LogP contribution in [0.2, 0.25) is 0 Å². The van der Waals surface area contributed by atoms with Gasteiger partial charge in [-0.25, -0.2) is 0 Å². The van der Waals surface area contributed by atoms with Crippen LogP contribution in [0.4, 0.5) is 0 Å². The Kier molecular flexibility index (Phi) is 3.52. The predicted molar refractivity (Wildman–Crippen MR) is 104 cm³/mol. The summed E-state index contributed by atoms with van der Waals surface area (Å²) in [5, 5.41) is 3.15. The molecule has 0 radical (unpaired) electrons. The van der Waals surface area contributed by atoms with Gasteiger partial charge in [0.05, 0.1) is 6.54 Å². The molecule has 0 saturated carbocycles. The molecule has 132 valence electrons. The molecule has 3 aromatic rings. The molecule has 2 unspecified atom stereocenters. The average molecular weight is 430 g/mol. The van der Waals surface area contributed by atoms with E-state index in [1.807, 2.05) is 29.6 Å². The van der Waals surface area contributed by atoms with Crippen molar-refractivity contribution < 1.29 is 9.59 Å². The molecule has 2 amide bonds. The molecule has 1 fully saturated rings. The van der Waals surface area contributed by atoms with Crippen LogP contribution in [-0.4, -0.2) is 46.2 Å². The summed E-state index contributed by atoms with van der Waals surface area (Å²) in [7, 11) is 1.71. The number of amides is 2. The van der Waals surface area contributed by atoms with Crippen LogP contribution in [0.5, 0.6) is 0 Å². The minimum atomic E-state index is -0.446. The van der Waals surface area contributed by atoms with Gasteiger partial charge in [0, 0.05) is 44.8 Å². The number of carbonyl (C=O) groups excluding carboxylic acids is 2. The van der Waals surface area contributed by atoms with Gasteiger partial charge in [0.1, 0.15) is 12.1 Å². The van der Waals surface area contributed by atoms with Gasteiger partial charge in [-0.1, -0.05) is 18.2 Å². The summed E-state index contributed by atoms with van der Waals surface area (Å²) in [4.78, 5) is 33.7. The molecule has 2 aliphatic heterocycles. The summed E-state index contributed by atoms with van der Waals surface area (Å²) in [6.07, 6.45) is 0.553. The monoisotopic (exact) mass is 429 g/mol. The number of halogens is 1. The predicted octanol–water partition coefficient (Wildman–Crippen LogP) is 3.31. The van der Waals surface area contributed by atoms with Crippen LogP contribution in [-0.2, 0) is 16.0 Å². The number of benzene rings is 1. The quantitative estimate of drug-likeness (QED) is 0.644. The third kappa shape index (κ3) is 2.20. The molecule has 1 N–H and O–H groups in total. The molecule has 1 aromatic carbocycles. The Hall–Kier alpha value is -2.12. The third-order valence-corrected chi connectivity index (χ3v) is 7.06. The van der Waals surface area contributed by atoms with Crippen molar-refractivity contribution in [2.75, 3.05) is 13.6 Å². The maximum Gasteiger partial charge on any atom is 0.245 e. The number of carbonyl (C=O) groups is 2. The summed E-state index contributed by atoms with van der Waals surface area (Å²) in [6, 6.07) is 9.49. The topological polar surface area (TPSA) is 56.4 Å². The number of nitrogens with one attached hydrogen (secondary N) is 1. The fourth-order valence-electron chi connectivity index (χ4n) is 4.18. The van der Waals surface area contributed by atoms with Gasteiger partial charge in [0.2, 0.25) is 11.8 Å². The molecule has 7 heteroatoms. The molecule has 5 rings (SSSR count). The Morgan fingerprint density at radius 3 is 2.85 bits per heavy atom. The Bertz CT molecular complexity index is 1060. The lowest BCUT2D eigenvalue weighted by molar-refractivity contribution is -0.157. The van der Waals surface area contributed by atoms with Crippen molar-refractivity contribution in [3.63, 3.8) is 0 Å². The van der Waals surface area contributed by atoms with Crippen molar-refractivity contribution >= 4 is 50.0 Å². The average Bonchev–Trinajstić information content (AvgIpc) is 3.21. The van der Waals surface area contributed by atoms with Crippen LogP contribution in [0.25, 0.3) is 10.9 Å². The van der Waals surface area contributed by atoms with E-state index in [0.717, 1.165) is 31.5 Å². The number of aromatic amines is 1. The first-order chi connectivity index (χ1) is 12.5. The van der Waals surface area contributed by atoms with E-state index in [1.165, 1.54) is 0 Å². The van der Waals surface area contributed by atoms with Crippen LogP contribution < -0.4 is 0 Å². The van der Waals surface area contributed by atoms with Crippen molar-refractivity contribution in [3.05, 3.63) is 56.3 Å². The molecule has 26 heavy (non-hydrogen) atoms. The largest absolute Gasteiger partial charge is 0.356 e. The molecule has 0 aliphatic carbocycles. The molecule has 1 saturated heterocycles. The second-order valence-electron chi connectivity index (χ2n) is 6.85. The van der Waals surface area contributed by atoms with Crippen molar-refractivity contribution in [1.82, 2.24) is 14.8 Å². The molecule has 4 heterocycles. The van der Waals surface area contributed by atoms with Crippen molar-refractivity contribution in [2.24, 2.45) is 0 Å². The second kappa shape index (κ2) is 5.69. The highest BCUT2D eigenvalue weighted by Gasteiger charge is 2.47. The fraction of sp³-hybridized carbons (Fsp3) is 0.263. The first kappa shape index (κ1) is 16.1. The number of rotatable bonds is 1. The van der Waals surface area contributed by atoms with Gasteiger partial charge < -0.3 is 14.8 Å². The number of thiophene rings is 1. The van der Waals surface area contributed by atoms with Gasteiger partial charge in [-0.15, -0.1) is 11.3 Å². The van der Waals surface area contributed by atoms with E-state index in [2.05, 4.69) is 27.0 Å². The number of aromatic nitrogens is 1. The summed E-state index contributed by atoms with van der Waals surface area (Å²) in [6.45, 7) is 0.133. The molecule has 2 atom stereocenters. The minimum Gasteiger partial charge on any atom is -0.356 e. The van der Waals surface area contributed by atoms with Crippen molar-refractivity contribution in [1.29, 1.82) is 0 Å². The minimum absolute atomic E-state index is 0.00377. The van der Waals surface area contributed by atoms with Crippen LogP contribution in [0.3, 0.4) is 0 Å². The molecular weight excluding hydrogens is 414 g/mol. The number of para-hydroxylation sites is 1. The summed E-state index contributed by atoms with van der Waals surface area (Å²) >= 11 is 5.12. The van der Waals surface area contributed by atoms with Crippen molar-refractivity contribution in [3.8, 4) is 0 Å². The number of piperazine rings is 1. The zero-order valence-corrected chi connectivity index (χ0v) is 16.4. The van der Waals surface area contributed by atoms with Crippen LogP contribution >= 0.6 is 27.3 Å². The number of likely N-dealkylation sites (N-methyl/N-ethyl adjacent to an activating group) is 1. The highest BCUT2D eigenvalue weighted by Crippen LogP contribution is 2.44. The van der Waals surface area contributed by atoms with E-state index >= 15 is 0 Å². The Balaban J connectivity index is 1.77. The number of hydrogen-bond acceptors (Lipinski definition) is 3. The maximum atomic E-state index is 12.9. The van der Waals surface area contributed by atoms with Gasteiger partial charge in [-0.3, -0.25) is 9.59 Å². The zero-order chi connectivity index (χ0) is 18.0. The lowest BCUT2D eigenvalue weighted by Crippen LogP contribution is -2.62. The van der Waals surface area contributed by atoms with Gasteiger partial charge in [-0.2, -0.15) is 0 Å². The number of fused-ring (bicyclic) bond motifs is 4. The lowest BCUT2D eigenvalue weighted by atomic mass is 9.88. The van der Waals surface area contributed by atoms with E-state index in [4.69, 9.17) is 0 Å². The van der Waals surface area contributed by atoms with Gasteiger partial charge in [-0.05, 0) is 33.6 Å². The zero-order valence-electron chi connectivity index (χ0n) is 14.0. The van der Waals surface area contributed by atoms with Gasteiger partial charge in [0.25, 0.3) is 0 Å². The van der Waals surface area contributed by atoms with E-state index < -0.39 is 6.04 Å². The summed E-state index contributed by atoms with van der Waals surface area (Å²) in [5.74, 6) is 0.0112. The second-order valence-corrected chi connectivity index (χ2v) is 8.71. The Morgan fingerprint density at radius 2 is 2.08 bits per heavy atom. The van der Waals surface area contributed by atoms with Crippen LogP contribution in [0.15, 0.2) is 40.2 Å². The van der Waals surface area contributed by atoms with Crippen LogP contribution in [0, 0.1) is 0 Å². The van der Waals surface area contributed by atoms with E-state index in [9.17, 15) is 9.59 Å². The molecule has 5 nitrogen and oxygen atoms in total. The highest BCUT2D eigenvalue weighted by atomic mass is 79.9. The molecule has 2 aliphatic rings. The summed E-state index contributed by atoms with van der Waals surface area (Å²) < 4.78 is 0.991. The number of nitrogens with zero attached hydrogens (tertiary/aromatic N) is 2. The smallest absolute Gasteiger partial charge is 0.245 e. The standard InChI is InChI=1S/C19H16BrN3O2S/c1-22-8-16(24)23-14(19(22)25)7-12-11-4-2-3-5-13(11)21-17(12)18(23)15-6-10(20)9-26-15/h2-6,9,14,18,21H,7-8H2,1H3. The van der Waals surface area contributed by atoms with Gasteiger partial charge >= 0.3 is 0 Å². The molecule has 2 aromatic heterocycles. The van der Waals surface area contributed by atoms with E-state index in [-0.39, 0.29) is 24.4 Å². The first-order valence-corrected chi connectivity index (χ1v) is 10.1. The molecule has 0 bridgehead atoms. The summed E-state index contributed by atoms with van der Waals surface area (Å²) in [5.41, 5.74) is 3.22. The SMILES string of the molecule is CN1CC(=O)N2C(Cc3c([nH]c4ccccc34)C2c2cc(Br)cs2)C1=O. The van der Waals surface area contributed by atoms with E-state index in [0.29, 0.717) is 6.42 Å². The number of H-pyrrole nitrogens is 1. The van der Waals surface area contributed by atoms with Crippen molar-refractivity contribution in [2.45, 2.75) is 18.5 Å². The lowest BCUT2D eigenvalue weighted by Gasteiger charge is -2.45. The highest BCUT2D eigenvalue weighted by molar-refractivity contribution is 9.10. The number of hydrogen-bond donors (Lipinski definition) is 1. The molecular formula is C19H16BrN3O2S. The first-order valence-electron chi connectivity index (χ1n) is 8.44. The van der Waals surface area contributed by atoms with Gasteiger partial charge in [0.15, 0.2) is 0 Å². The Morgan fingerprint density at radius 1 is 1.27 bits per heavy atom. The Labute approximate surface area is 162 Å².